The van der Waals surface area contributed by atoms with Crippen LogP contribution in [0.15, 0.2) is 0 Å². The van der Waals surface area contributed by atoms with E-state index in [1.165, 1.54) is 0 Å². The Morgan fingerprint density at radius 3 is 2.00 bits per heavy atom. The molecule has 0 aliphatic carbocycles. The Labute approximate surface area is 88.1 Å². The number of hydrogen-bond acceptors (Lipinski definition) is 4. The Bertz CT molecular complexity index is 123. The molecule has 0 heterocycles. The Morgan fingerprint density at radius 1 is 1.70 bits per heavy atom. The standard InChI is InChI=1S/C5H11NO2S.Na/c1-5(2,9)3(6)4(7)8;/h3,9H,6H2,1-2H3,(H,7,8);/q;+1/p-1/t3-;/m1./s1. The van der Waals surface area contributed by atoms with Crippen molar-refractivity contribution in [3.05, 3.63) is 0 Å². The Morgan fingerprint density at radius 2 is 2.00 bits per heavy atom. The normalized spacial score (nSPS) is 13.6. The molecule has 5 heteroatoms. The third-order valence-corrected chi connectivity index (χ3v) is 1.29. The number of carboxylic acids is 1. The van der Waals surface area contributed by atoms with Gasteiger partial charge >= 0.3 is 29.6 Å². The summed E-state index contributed by atoms with van der Waals surface area (Å²) in [7, 11) is 0. The van der Waals surface area contributed by atoms with E-state index in [-0.39, 0.29) is 29.6 Å². The summed E-state index contributed by atoms with van der Waals surface area (Å²) in [5.41, 5.74) is 5.16. The van der Waals surface area contributed by atoms with Crippen molar-refractivity contribution >= 4 is 18.6 Å². The second-order valence-electron chi connectivity index (χ2n) is 2.45. The topological polar surface area (TPSA) is 66.2 Å². The van der Waals surface area contributed by atoms with E-state index in [0.29, 0.717) is 0 Å². The SMILES string of the molecule is CC(C)(S)[C@H](N)C(=O)[O-].[Na+]. The van der Waals surface area contributed by atoms with Crippen LogP contribution >= 0.6 is 12.6 Å². The minimum absolute atomic E-state index is 0. The zero-order valence-corrected chi connectivity index (χ0v) is 9.31. The number of rotatable bonds is 2. The quantitative estimate of drug-likeness (QED) is 0.327. The maximum atomic E-state index is 10.1. The predicted molar refractivity (Wildman–Crippen MR) is 36.0 cm³/mol. The van der Waals surface area contributed by atoms with Crippen molar-refractivity contribution in [1.82, 2.24) is 0 Å². The number of nitrogens with two attached hydrogens (primary N) is 1. The second kappa shape index (κ2) is 4.62. The Balaban J connectivity index is 0. The van der Waals surface area contributed by atoms with Gasteiger partial charge < -0.3 is 15.6 Å². The van der Waals surface area contributed by atoms with E-state index < -0.39 is 16.8 Å². The first-order valence-electron chi connectivity index (χ1n) is 2.54. The van der Waals surface area contributed by atoms with E-state index in [1.807, 2.05) is 0 Å². The molecule has 0 saturated heterocycles. The molecule has 0 amide bonds. The number of carbonyl (C=O) groups excluding carboxylic acids is 1. The zero-order chi connectivity index (χ0) is 7.65. The van der Waals surface area contributed by atoms with E-state index in [4.69, 9.17) is 5.73 Å². The Hall–Kier alpha value is 0.780. The van der Waals surface area contributed by atoms with Crippen LogP contribution in [0.4, 0.5) is 0 Å². The van der Waals surface area contributed by atoms with Gasteiger partial charge in [0.2, 0.25) is 0 Å². The molecule has 0 bridgehead atoms. The van der Waals surface area contributed by atoms with Gasteiger partial charge in [0, 0.05) is 4.75 Å². The van der Waals surface area contributed by atoms with E-state index >= 15 is 0 Å². The molecule has 1 atom stereocenters. The fourth-order valence-corrected chi connectivity index (χ4v) is 0.394. The van der Waals surface area contributed by atoms with Crippen molar-refractivity contribution in [1.29, 1.82) is 0 Å². The fraction of sp³-hybridized carbons (Fsp3) is 0.800. The molecule has 54 valence electrons. The zero-order valence-electron chi connectivity index (χ0n) is 6.42. The third kappa shape index (κ3) is 4.57. The van der Waals surface area contributed by atoms with Gasteiger partial charge in [-0.05, 0) is 13.8 Å². The molecule has 0 unspecified atom stereocenters. The second-order valence-corrected chi connectivity index (χ2v) is 3.60. The van der Waals surface area contributed by atoms with Crippen molar-refractivity contribution in [2.24, 2.45) is 5.73 Å². The summed E-state index contributed by atoms with van der Waals surface area (Å²) in [5.74, 6) is -1.27. The van der Waals surface area contributed by atoms with Crippen molar-refractivity contribution in [2.45, 2.75) is 24.6 Å². The molecule has 0 rings (SSSR count). The van der Waals surface area contributed by atoms with Crippen LogP contribution in [0, 0.1) is 0 Å². The van der Waals surface area contributed by atoms with Crippen LogP contribution in [-0.2, 0) is 4.79 Å². The summed E-state index contributed by atoms with van der Waals surface area (Å²) in [6.07, 6.45) is 0. The molecule has 0 aliphatic heterocycles. The van der Waals surface area contributed by atoms with Gasteiger partial charge in [0.05, 0.1) is 12.0 Å². The van der Waals surface area contributed by atoms with Crippen molar-refractivity contribution in [2.75, 3.05) is 0 Å². The fourth-order valence-electron chi connectivity index (χ4n) is 0.288. The smallest absolute Gasteiger partial charge is 0.548 e. The Kier molecular flexibility index (Phi) is 6.17. The molecular formula is C5H10NNaO2S. The van der Waals surface area contributed by atoms with Gasteiger partial charge in [0.1, 0.15) is 0 Å². The number of aliphatic carboxylic acids is 1. The molecule has 0 aromatic carbocycles. The molecule has 0 radical (unpaired) electrons. The average molecular weight is 171 g/mol. The molecule has 3 nitrogen and oxygen atoms in total. The molecule has 10 heavy (non-hydrogen) atoms. The van der Waals surface area contributed by atoms with Gasteiger partial charge in [-0.3, -0.25) is 0 Å². The molecule has 0 aromatic heterocycles. The van der Waals surface area contributed by atoms with Crippen LogP contribution in [-0.4, -0.2) is 16.8 Å². The summed E-state index contributed by atoms with van der Waals surface area (Å²) in [6, 6.07) is -1.01. The van der Waals surface area contributed by atoms with Crippen LogP contribution in [0.2, 0.25) is 0 Å². The maximum absolute atomic E-state index is 10.1. The molecule has 0 aromatic rings. The summed E-state index contributed by atoms with van der Waals surface area (Å²) >= 11 is 3.94. The average Bonchev–Trinajstić information content (AvgIpc) is 1.62. The van der Waals surface area contributed by atoms with Crippen LogP contribution in [0.25, 0.3) is 0 Å². The van der Waals surface area contributed by atoms with E-state index in [1.54, 1.807) is 13.8 Å². The first kappa shape index (κ1) is 13.4. The van der Waals surface area contributed by atoms with Crippen LogP contribution in [0.3, 0.4) is 0 Å². The molecule has 2 N–H and O–H groups in total. The van der Waals surface area contributed by atoms with Crippen molar-refractivity contribution in [3.63, 3.8) is 0 Å². The van der Waals surface area contributed by atoms with Gasteiger partial charge in [0.15, 0.2) is 0 Å². The van der Waals surface area contributed by atoms with E-state index in [2.05, 4.69) is 12.6 Å². The summed E-state index contributed by atoms with van der Waals surface area (Å²) in [6.45, 7) is 3.24. The molecule has 0 spiro atoms. The number of thiol groups is 1. The number of hydrogen-bond donors (Lipinski definition) is 2. The van der Waals surface area contributed by atoms with Crippen LogP contribution in [0.1, 0.15) is 13.8 Å². The van der Waals surface area contributed by atoms with E-state index in [0.717, 1.165) is 0 Å². The van der Waals surface area contributed by atoms with Crippen LogP contribution in [0.5, 0.6) is 0 Å². The van der Waals surface area contributed by atoms with Crippen molar-refractivity contribution < 1.29 is 39.5 Å². The molecule has 0 aliphatic rings. The largest absolute Gasteiger partial charge is 1.00 e. The molecule has 0 saturated carbocycles. The molecule has 0 fully saturated rings. The predicted octanol–water partition coefficient (Wildman–Crippen LogP) is -4.22. The van der Waals surface area contributed by atoms with Crippen molar-refractivity contribution in [3.8, 4) is 0 Å². The van der Waals surface area contributed by atoms with Crippen LogP contribution < -0.4 is 40.4 Å². The third-order valence-electron chi connectivity index (χ3n) is 1.02. The minimum atomic E-state index is -1.27. The first-order valence-corrected chi connectivity index (χ1v) is 2.99. The van der Waals surface area contributed by atoms with Gasteiger partial charge in [-0.1, -0.05) is 0 Å². The van der Waals surface area contributed by atoms with Gasteiger partial charge in [-0.15, -0.1) is 0 Å². The summed E-state index contributed by atoms with van der Waals surface area (Å²) in [4.78, 5) is 10.1. The van der Waals surface area contributed by atoms with Gasteiger partial charge in [-0.25, -0.2) is 0 Å². The molecular weight excluding hydrogens is 161 g/mol. The number of carbonyl (C=O) groups is 1. The maximum Gasteiger partial charge on any atom is 1.00 e. The first-order chi connectivity index (χ1) is 3.85. The summed E-state index contributed by atoms with van der Waals surface area (Å²) < 4.78 is -0.709. The monoisotopic (exact) mass is 171 g/mol. The van der Waals surface area contributed by atoms with Gasteiger partial charge in [0.25, 0.3) is 0 Å². The number of carboxylic acid groups (broad SMARTS) is 1. The minimum Gasteiger partial charge on any atom is -0.548 e. The van der Waals surface area contributed by atoms with Gasteiger partial charge in [-0.2, -0.15) is 12.6 Å². The van der Waals surface area contributed by atoms with E-state index in [9.17, 15) is 9.90 Å². The summed E-state index contributed by atoms with van der Waals surface area (Å²) in [5, 5.41) is 10.1.